The van der Waals surface area contributed by atoms with E-state index in [1.165, 1.54) is 4.90 Å². The molecule has 1 aromatic rings. The molecule has 0 saturated carbocycles. The molecule has 0 saturated heterocycles. The lowest BCUT2D eigenvalue weighted by molar-refractivity contribution is -0.141. The van der Waals surface area contributed by atoms with Crippen LogP contribution in [-0.2, 0) is 16.0 Å². The largest absolute Gasteiger partial charge is 0.464 e. The highest BCUT2D eigenvalue weighted by Gasteiger charge is 1.99. The number of hydrogen-bond acceptors (Lipinski definition) is 4. The predicted molar refractivity (Wildman–Crippen MR) is 61.9 cm³/mol. The van der Waals surface area contributed by atoms with Crippen molar-refractivity contribution < 1.29 is 9.53 Å². The van der Waals surface area contributed by atoms with E-state index in [9.17, 15) is 4.79 Å². The van der Waals surface area contributed by atoms with E-state index in [4.69, 9.17) is 10.5 Å². The lowest BCUT2D eigenvalue weighted by Gasteiger charge is -2.04. The monoisotopic (exact) mass is 225 g/mol. The molecule has 0 amide bonds. The number of ether oxygens (including phenoxy) is 1. The van der Waals surface area contributed by atoms with Crippen LogP contribution >= 0.6 is 11.8 Å². The van der Waals surface area contributed by atoms with E-state index in [1.54, 1.807) is 11.8 Å². The van der Waals surface area contributed by atoms with Crippen molar-refractivity contribution in [3.63, 3.8) is 0 Å². The Balaban J connectivity index is 2.34. The molecule has 0 radical (unpaired) electrons. The van der Waals surface area contributed by atoms with E-state index in [0.29, 0.717) is 6.61 Å². The van der Waals surface area contributed by atoms with Gasteiger partial charge in [-0.05, 0) is 24.0 Å². The summed E-state index contributed by atoms with van der Waals surface area (Å²) in [6.07, 6.45) is 2.78. The number of benzene rings is 1. The van der Waals surface area contributed by atoms with E-state index in [-0.39, 0.29) is 12.5 Å². The van der Waals surface area contributed by atoms with Gasteiger partial charge in [-0.2, -0.15) is 0 Å². The van der Waals surface area contributed by atoms with E-state index in [2.05, 4.69) is 12.1 Å². The molecular weight excluding hydrogens is 210 g/mol. The first-order valence-corrected chi connectivity index (χ1v) is 5.97. The number of carbonyl (C=O) groups is 1. The van der Waals surface area contributed by atoms with Gasteiger partial charge in [0.1, 0.15) is 0 Å². The van der Waals surface area contributed by atoms with Crippen LogP contribution in [0.5, 0.6) is 0 Å². The number of carbonyl (C=O) groups excluding carboxylic acids is 1. The van der Waals surface area contributed by atoms with E-state index in [1.807, 2.05) is 18.4 Å². The maximum Gasteiger partial charge on any atom is 0.319 e. The fraction of sp³-hybridized carbons (Fsp3) is 0.364. The first-order chi connectivity index (χ1) is 7.26. The van der Waals surface area contributed by atoms with Crippen LogP contribution in [0.3, 0.4) is 0 Å². The van der Waals surface area contributed by atoms with Gasteiger partial charge in [-0.1, -0.05) is 12.1 Å². The smallest absolute Gasteiger partial charge is 0.319 e. The number of rotatable bonds is 5. The van der Waals surface area contributed by atoms with Crippen molar-refractivity contribution in [1.29, 1.82) is 0 Å². The molecule has 0 aliphatic heterocycles. The van der Waals surface area contributed by atoms with Crippen molar-refractivity contribution in [2.24, 2.45) is 5.73 Å². The molecule has 3 nitrogen and oxygen atoms in total. The van der Waals surface area contributed by atoms with Crippen molar-refractivity contribution in [2.75, 3.05) is 19.4 Å². The fourth-order valence-corrected chi connectivity index (χ4v) is 1.54. The lowest BCUT2D eigenvalue weighted by Crippen LogP contribution is -2.17. The molecule has 0 bridgehead atoms. The van der Waals surface area contributed by atoms with Gasteiger partial charge in [-0.25, -0.2) is 0 Å². The van der Waals surface area contributed by atoms with Gasteiger partial charge in [-0.3, -0.25) is 4.79 Å². The van der Waals surface area contributed by atoms with Crippen LogP contribution in [0.2, 0.25) is 0 Å². The summed E-state index contributed by atoms with van der Waals surface area (Å²) in [5.74, 6) is -0.351. The van der Waals surface area contributed by atoms with Crippen molar-refractivity contribution in [3.05, 3.63) is 29.8 Å². The third-order valence-corrected chi connectivity index (χ3v) is 2.72. The Morgan fingerprint density at radius 3 is 2.60 bits per heavy atom. The Hall–Kier alpha value is -1.00. The lowest BCUT2D eigenvalue weighted by atomic mass is 10.2. The second-order valence-corrected chi connectivity index (χ2v) is 3.90. The minimum atomic E-state index is -0.351. The molecule has 0 spiro atoms. The number of hydrogen-bond donors (Lipinski definition) is 1. The van der Waals surface area contributed by atoms with E-state index in [0.717, 1.165) is 12.0 Å². The SMILES string of the molecule is CSc1ccc(CCOC(=O)CN)cc1. The van der Waals surface area contributed by atoms with Gasteiger partial charge in [0.25, 0.3) is 0 Å². The van der Waals surface area contributed by atoms with Gasteiger partial charge in [0.15, 0.2) is 0 Å². The quantitative estimate of drug-likeness (QED) is 0.609. The summed E-state index contributed by atoms with van der Waals surface area (Å²) in [6, 6.07) is 8.21. The third kappa shape index (κ3) is 4.36. The van der Waals surface area contributed by atoms with Crippen LogP contribution in [0.1, 0.15) is 5.56 Å². The second-order valence-electron chi connectivity index (χ2n) is 3.02. The average Bonchev–Trinajstić information content (AvgIpc) is 2.29. The molecule has 1 aromatic carbocycles. The molecular formula is C11H15NO2S. The predicted octanol–water partition coefficient (Wildman–Crippen LogP) is 1.45. The minimum Gasteiger partial charge on any atom is -0.464 e. The molecule has 0 fully saturated rings. The fourth-order valence-electron chi connectivity index (χ4n) is 1.13. The molecule has 0 unspecified atom stereocenters. The van der Waals surface area contributed by atoms with Crippen LogP contribution < -0.4 is 5.73 Å². The van der Waals surface area contributed by atoms with Gasteiger partial charge in [-0.15, -0.1) is 11.8 Å². The summed E-state index contributed by atoms with van der Waals surface area (Å²) < 4.78 is 4.88. The van der Waals surface area contributed by atoms with Crippen molar-refractivity contribution in [3.8, 4) is 0 Å². The molecule has 82 valence electrons. The Morgan fingerprint density at radius 1 is 1.40 bits per heavy atom. The molecule has 0 aromatic heterocycles. The maximum atomic E-state index is 10.8. The van der Waals surface area contributed by atoms with Crippen LogP contribution in [0, 0.1) is 0 Å². The zero-order valence-electron chi connectivity index (χ0n) is 8.73. The number of esters is 1. The molecule has 2 N–H and O–H groups in total. The van der Waals surface area contributed by atoms with E-state index >= 15 is 0 Å². The Morgan fingerprint density at radius 2 is 2.07 bits per heavy atom. The average molecular weight is 225 g/mol. The minimum absolute atomic E-state index is 0.0502. The second kappa shape index (κ2) is 6.48. The van der Waals surface area contributed by atoms with Crippen molar-refractivity contribution >= 4 is 17.7 Å². The van der Waals surface area contributed by atoms with Gasteiger partial charge >= 0.3 is 5.97 Å². The van der Waals surface area contributed by atoms with Crippen LogP contribution in [0.4, 0.5) is 0 Å². The highest BCUT2D eigenvalue weighted by Crippen LogP contribution is 2.14. The van der Waals surface area contributed by atoms with Crippen LogP contribution in [-0.4, -0.2) is 25.4 Å². The van der Waals surface area contributed by atoms with Crippen LogP contribution in [0.15, 0.2) is 29.2 Å². The highest BCUT2D eigenvalue weighted by atomic mass is 32.2. The van der Waals surface area contributed by atoms with Crippen molar-refractivity contribution in [2.45, 2.75) is 11.3 Å². The summed E-state index contributed by atoms with van der Waals surface area (Å²) in [4.78, 5) is 12.0. The standard InChI is InChI=1S/C11H15NO2S/c1-15-10-4-2-9(3-5-10)6-7-14-11(13)8-12/h2-5H,6-8,12H2,1H3. The molecule has 0 aliphatic carbocycles. The highest BCUT2D eigenvalue weighted by molar-refractivity contribution is 7.98. The van der Waals surface area contributed by atoms with Gasteiger partial charge < -0.3 is 10.5 Å². The van der Waals surface area contributed by atoms with Crippen molar-refractivity contribution in [1.82, 2.24) is 0 Å². The zero-order chi connectivity index (χ0) is 11.1. The maximum absolute atomic E-state index is 10.8. The molecule has 1 rings (SSSR count). The number of thioether (sulfide) groups is 1. The summed E-state index contributed by atoms with van der Waals surface area (Å²) >= 11 is 1.71. The first kappa shape index (κ1) is 12.1. The molecule has 0 atom stereocenters. The van der Waals surface area contributed by atoms with E-state index < -0.39 is 0 Å². The molecule has 15 heavy (non-hydrogen) atoms. The van der Waals surface area contributed by atoms with Crippen LogP contribution in [0.25, 0.3) is 0 Å². The third-order valence-electron chi connectivity index (χ3n) is 1.98. The summed E-state index contributed by atoms with van der Waals surface area (Å²) in [5, 5.41) is 0. The van der Waals surface area contributed by atoms with Gasteiger partial charge in [0.05, 0.1) is 13.2 Å². The first-order valence-electron chi connectivity index (χ1n) is 4.75. The Labute approximate surface area is 94.0 Å². The normalized spacial score (nSPS) is 10.0. The zero-order valence-corrected chi connectivity index (χ0v) is 9.55. The Bertz CT molecular complexity index is 311. The topological polar surface area (TPSA) is 52.3 Å². The summed E-state index contributed by atoms with van der Waals surface area (Å²) in [7, 11) is 0. The van der Waals surface area contributed by atoms with Gasteiger partial charge in [0.2, 0.25) is 0 Å². The molecule has 0 heterocycles. The molecule has 0 aliphatic rings. The number of nitrogens with two attached hydrogens (primary N) is 1. The Kier molecular flexibility index (Phi) is 5.21. The summed E-state index contributed by atoms with van der Waals surface area (Å²) in [5.41, 5.74) is 6.28. The summed E-state index contributed by atoms with van der Waals surface area (Å²) in [6.45, 7) is 0.347. The van der Waals surface area contributed by atoms with Gasteiger partial charge in [0, 0.05) is 11.3 Å². The molecule has 4 heteroatoms.